The summed E-state index contributed by atoms with van der Waals surface area (Å²) in [6.45, 7) is 4.80. The van der Waals surface area contributed by atoms with Crippen LogP contribution in [0.25, 0.3) is 11.6 Å². The van der Waals surface area contributed by atoms with Crippen LogP contribution in [0, 0.1) is 0 Å². The number of hydrogen-bond acceptors (Lipinski definition) is 4. The Bertz CT molecular complexity index is 1120. The minimum absolute atomic E-state index is 0.250. The average Bonchev–Trinajstić information content (AvgIpc) is 3.24. The van der Waals surface area contributed by atoms with Crippen LogP contribution < -0.4 is 4.80 Å². The molecule has 4 rings (SSSR count). The first-order chi connectivity index (χ1) is 13.2. The van der Waals surface area contributed by atoms with E-state index in [1.165, 1.54) is 16.9 Å². The van der Waals surface area contributed by atoms with Crippen molar-refractivity contribution >= 4 is 40.6 Å². The number of aromatic hydroxyl groups is 1. The fourth-order valence-electron chi connectivity index (χ4n) is 3.20. The Kier molecular flexibility index (Phi) is 4.77. The van der Waals surface area contributed by atoms with Crippen molar-refractivity contribution in [1.82, 2.24) is 4.57 Å². The van der Waals surface area contributed by atoms with Crippen molar-refractivity contribution in [3.05, 3.63) is 69.3 Å². The normalized spacial score (nSPS) is 14.9. The predicted octanol–water partition coefficient (Wildman–Crippen LogP) is 5.33. The van der Waals surface area contributed by atoms with E-state index in [9.17, 15) is 5.11 Å². The number of fused-ring (bicyclic) bond motifs is 1. The van der Waals surface area contributed by atoms with Gasteiger partial charge in [-0.05, 0) is 37.1 Å². The Morgan fingerprint density at radius 1 is 1.11 bits per heavy atom. The molecule has 5 heteroatoms. The van der Waals surface area contributed by atoms with Crippen LogP contribution in [0.1, 0.15) is 29.9 Å². The van der Waals surface area contributed by atoms with Crippen molar-refractivity contribution in [3.8, 4) is 5.88 Å². The van der Waals surface area contributed by atoms with E-state index in [2.05, 4.69) is 24.0 Å². The minimum atomic E-state index is 0.250. The molecule has 1 aliphatic heterocycles. The topological polar surface area (TPSA) is 49.9 Å². The van der Waals surface area contributed by atoms with E-state index < -0.39 is 0 Å². The first-order valence-corrected chi connectivity index (χ1v) is 9.93. The van der Waals surface area contributed by atoms with Crippen LogP contribution in [-0.2, 0) is 13.0 Å². The summed E-state index contributed by atoms with van der Waals surface area (Å²) in [5.74, 6) is 0.250. The molecule has 2 heterocycles. The molecule has 0 unspecified atom stereocenters. The van der Waals surface area contributed by atoms with Crippen molar-refractivity contribution < 1.29 is 5.11 Å². The van der Waals surface area contributed by atoms with Gasteiger partial charge >= 0.3 is 0 Å². The monoisotopic (exact) mass is 375 g/mol. The average molecular weight is 375 g/mol. The van der Waals surface area contributed by atoms with Gasteiger partial charge in [0.25, 0.3) is 0 Å². The van der Waals surface area contributed by atoms with Gasteiger partial charge in [-0.3, -0.25) is 9.56 Å². The lowest BCUT2D eigenvalue weighted by Crippen LogP contribution is -2.12. The zero-order chi connectivity index (χ0) is 18.8. The molecule has 27 heavy (non-hydrogen) atoms. The Morgan fingerprint density at radius 2 is 1.89 bits per heavy atom. The number of aliphatic imine (C=N–C) groups is 1. The molecule has 0 amide bonds. The number of aryl methyl sites for hydroxylation is 1. The molecule has 0 bridgehead atoms. The number of nitrogens with zero attached hydrogens (tertiary/aromatic N) is 3. The summed E-state index contributed by atoms with van der Waals surface area (Å²) < 4.78 is 1.85. The van der Waals surface area contributed by atoms with Crippen LogP contribution in [0.3, 0.4) is 0 Å². The van der Waals surface area contributed by atoms with Crippen molar-refractivity contribution in [2.75, 3.05) is 0 Å². The minimum Gasteiger partial charge on any atom is -0.493 e. The molecule has 3 aromatic rings. The largest absolute Gasteiger partial charge is 0.493 e. The Balaban J connectivity index is 1.83. The van der Waals surface area contributed by atoms with Gasteiger partial charge in [0.1, 0.15) is 0 Å². The lowest BCUT2D eigenvalue weighted by molar-refractivity contribution is 0.416. The van der Waals surface area contributed by atoms with Crippen LogP contribution in [-0.4, -0.2) is 15.9 Å². The quantitative estimate of drug-likeness (QED) is 0.659. The number of hydrogen-bond donors (Lipinski definition) is 1. The van der Waals surface area contributed by atoms with Crippen molar-refractivity contribution in [2.45, 2.75) is 26.8 Å². The summed E-state index contributed by atoms with van der Waals surface area (Å²) in [5, 5.41) is 10.7. The zero-order valence-electron chi connectivity index (χ0n) is 15.4. The highest BCUT2D eigenvalue weighted by molar-refractivity contribution is 7.10. The van der Waals surface area contributed by atoms with Crippen molar-refractivity contribution in [1.29, 1.82) is 0 Å². The Hall–Kier alpha value is -2.92. The van der Waals surface area contributed by atoms with E-state index >= 15 is 0 Å². The third kappa shape index (κ3) is 3.26. The van der Waals surface area contributed by atoms with Crippen molar-refractivity contribution in [2.24, 2.45) is 9.98 Å². The van der Waals surface area contributed by atoms with E-state index in [4.69, 9.17) is 4.99 Å². The second kappa shape index (κ2) is 7.37. The maximum Gasteiger partial charge on any atom is 0.211 e. The number of para-hydroxylation sites is 2. The second-order valence-corrected chi connectivity index (χ2v) is 7.29. The molecule has 0 saturated carbocycles. The summed E-state index contributed by atoms with van der Waals surface area (Å²) in [4.78, 5) is 10.9. The molecule has 136 valence electrons. The smallest absolute Gasteiger partial charge is 0.211 e. The van der Waals surface area contributed by atoms with Gasteiger partial charge in [0.2, 0.25) is 5.88 Å². The third-order valence-corrected chi connectivity index (χ3v) is 5.67. The zero-order valence-corrected chi connectivity index (χ0v) is 16.2. The van der Waals surface area contributed by atoms with Gasteiger partial charge in [0, 0.05) is 23.9 Å². The SMILES string of the molecule is CCc1ccccc1N=c1sc(/C=C2/C=Nc3ccccc32)c(O)n1CC. The summed E-state index contributed by atoms with van der Waals surface area (Å²) in [6.07, 6.45) is 4.77. The maximum atomic E-state index is 10.7. The fourth-order valence-corrected chi connectivity index (χ4v) is 4.26. The van der Waals surface area contributed by atoms with E-state index in [1.54, 1.807) is 0 Å². The molecule has 1 aromatic heterocycles. The first kappa shape index (κ1) is 17.5. The van der Waals surface area contributed by atoms with Crippen LogP contribution >= 0.6 is 11.3 Å². The van der Waals surface area contributed by atoms with Crippen LogP contribution in [0.15, 0.2) is 58.5 Å². The summed E-state index contributed by atoms with van der Waals surface area (Å²) in [5.41, 5.74) is 5.21. The van der Waals surface area contributed by atoms with E-state index in [0.717, 1.165) is 38.6 Å². The van der Waals surface area contributed by atoms with E-state index in [1.807, 2.05) is 60.2 Å². The fraction of sp³-hybridized carbons (Fsp3) is 0.182. The molecular weight excluding hydrogens is 354 g/mol. The van der Waals surface area contributed by atoms with Gasteiger partial charge in [-0.25, -0.2) is 4.99 Å². The van der Waals surface area contributed by atoms with Gasteiger partial charge < -0.3 is 5.11 Å². The summed E-state index contributed by atoms with van der Waals surface area (Å²) >= 11 is 1.49. The van der Waals surface area contributed by atoms with Gasteiger partial charge in [-0.15, -0.1) is 0 Å². The Labute approximate surface area is 162 Å². The lowest BCUT2D eigenvalue weighted by atomic mass is 10.1. The summed E-state index contributed by atoms with van der Waals surface area (Å²) in [7, 11) is 0. The van der Waals surface area contributed by atoms with Gasteiger partial charge in [0.15, 0.2) is 4.80 Å². The molecule has 0 fully saturated rings. The van der Waals surface area contributed by atoms with Gasteiger partial charge in [-0.2, -0.15) is 0 Å². The van der Waals surface area contributed by atoms with Crippen LogP contribution in [0.2, 0.25) is 0 Å². The van der Waals surface area contributed by atoms with Crippen LogP contribution in [0.4, 0.5) is 11.4 Å². The van der Waals surface area contributed by atoms with Crippen LogP contribution in [0.5, 0.6) is 5.88 Å². The number of thiazole rings is 1. The highest BCUT2D eigenvalue weighted by Crippen LogP contribution is 2.34. The van der Waals surface area contributed by atoms with Gasteiger partial charge in [-0.1, -0.05) is 54.7 Å². The first-order valence-electron chi connectivity index (χ1n) is 9.11. The number of benzene rings is 2. The maximum absolute atomic E-state index is 10.7. The molecule has 1 aliphatic rings. The highest BCUT2D eigenvalue weighted by Gasteiger charge is 2.15. The number of allylic oxidation sites excluding steroid dienone is 1. The molecule has 0 aliphatic carbocycles. The molecule has 4 nitrogen and oxygen atoms in total. The third-order valence-electron chi connectivity index (χ3n) is 4.66. The molecule has 2 aromatic carbocycles. The standard InChI is InChI=1S/C22H21N3OS/c1-3-15-9-5-7-11-18(15)24-22-25(4-2)21(26)20(27-22)13-16-14-23-19-12-8-6-10-17(16)19/h5-14,26H,3-4H2,1-2H3/b16-13-,24-22?. The molecular formula is C22H21N3OS. The summed E-state index contributed by atoms with van der Waals surface area (Å²) in [6, 6.07) is 16.2. The number of rotatable bonds is 4. The Morgan fingerprint density at radius 3 is 2.70 bits per heavy atom. The van der Waals surface area contributed by atoms with Gasteiger partial charge in [0.05, 0.1) is 16.3 Å². The number of aromatic nitrogens is 1. The molecule has 0 spiro atoms. The molecule has 0 saturated heterocycles. The molecule has 0 atom stereocenters. The predicted molar refractivity (Wildman–Crippen MR) is 113 cm³/mol. The van der Waals surface area contributed by atoms with E-state index in [-0.39, 0.29) is 5.88 Å². The highest BCUT2D eigenvalue weighted by atomic mass is 32.1. The van der Waals surface area contributed by atoms with Crippen molar-refractivity contribution in [3.63, 3.8) is 0 Å². The lowest BCUT2D eigenvalue weighted by Gasteiger charge is -2.03. The molecule has 0 radical (unpaired) electrons. The second-order valence-electron chi connectivity index (χ2n) is 6.29. The van der Waals surface area contributed by atoms with E-state index in [0.29, 0.717) is 6.54 Å². The molecule has 1 N–H and O–H groups in total.